The summed E-state index contributed by atoms with van der Waals surface area (Å²) in [5.74, 6) is -0.473. The smallest absolute Gasteiger partial charge is 0.340 e. The quantitative estimate of drug-likeness (QED) is 0.467. The Morgan fingerprint density at radius 1 is 1.60 bits per heavy atom. The van der Waals surface area contributed by atoms with Crippen LogP contribution < -0.4 is 0 Å². The Balaban J connectivity index is 2.70. The van der Waals surface area contributed by atoms with Crippen LogP contribution in [0.1, 0.15) is 17.3 Å². The summed E-state index contributed by atoms with van der Waals surface area (Å²) < 4.78 is 4.90. The van der Waals surface area contributed by atoms with E-state index in [1.165, 1.54) is 12.3 Å². The van der Waals surface area contributed by atoms with Crippen molar-refractivity contribution in [3.63, 3.8) is 0 Å². The fourth-order valence-corrected chi connectivity index (χ4v) is 1.11. The Bertz CT molecular complexity index is 391. The van der Waals surface area contributed by atoms with Crippen molar-refractivity contribution in [2.45, 2.75) is 6.92 Å². The zero-order valence-electron chi connectivity index (χ0n) is 8.04. The monoisotopic (exact) mass is 245 g/mol. The highest BCUT2D eigenvalue weighted by molar-refractivity contribution is 6.41. The second kappa shape index (κ2) is 5.73. The molecule has 0 aliphatic carbocycles. The summed E-state index contributed by atoms with van der Waals surface area (Å²) in [6.45, 7) is 2.07. The van der Waals surface area contributed by atoms with E-state index in [1.54, 1.807) is 12.2 Å². The van der Waals surface area contributed by atoms with Crippen molar-refractivity contribution in [1.82, 2.24) is 4.98 Å². The normalized spacial score (nSPS) is 10.6. The Morgan fingerprint density at radius 3 is 2.93 bits per heavy atom. The van der Waals surface area contributed by atoms with Crippen molar-refractivity contribution in [3.05, 3.63) is 40.2 Å². The minimum absolute atomic E-state index is 0.168. The maximum atomic E-state index is 11.4. The van der Waals surface area contributed by atoms with Crippen LogP contribution in [0.25, 0.3) is 0 Å². The van der Waals surface area contributed by atoms with Gasteiger partial charge in [-0.15, -0.1) is 0 Å². The largest absolute Gasteiger partial charge is 0.458 e. The molecule has 0 atom stereocenters. The van der Waals surface area contributed by atoms with Gasteiger partial charge in [0, 0.05) is 6.20 Å². The summed E-state index contributed by atoms with van der Waals surface area (Å²) in [5.41, 5.74) is 0.286. The van der Waals surface area contributed by atoms with Gasteiger partial charge in [-0.25, -0.2) is 9.78 Å². The number of hydrogen-bond acceptors (Lipinski definition) is 3. The van der Waals surface area contributed by atoms with E-state index in [0.717, 1.165) is 0 Å². The molecule has 0 spiro atoms. The molecule has 0 radical (unpaired) electrons. The summed E-state index contributed by atoms with van der Waals surface area (Å²) in [6, 6.07) is 1.43. The van der Waals surface area contributed by atoms with Crippen LogP contribution in [0.5, 0.6) is 0 Å². The second-order valence-electron chi connectivity index (χ2n) is 2.66. The molecule has 1 rings (SSSR count). The van der Waals surface area contributed by atoms with Gasteiger partial charge in [-0.05, 0) is 13.0 Å². The summed E-state index contributed by atoms with van der Waals surface area (Å²) in [4.78, 5) is 15.1. The minimum Gasteiger partial charge on any atom is -0.458 e. The molecule has 1 aromatic rings. The van der Waals surface area contributed by atoms with E-state index in [2.05, 4.69) is 4.98 Å². The van der Waals surface area contributed by atoms with Gasteiger partial charge in [-0.3, -0.25) is 0 Å². The number of aromatic nitrogens is 1. The van der Waals surface area contributed by atoms with Crippen LogP contribution in [0.3, 0.4) is 0 Å². The molecule has 3 nitrogen and oxygen atoms in total. The van der Waals surface area contributed by atoms with Crippen molar-refractivity contribution < 1.29 is 9.53 Å². The number of pyridine rings is 1. The number of hydrogen-bond donors (Lipinski definition) is 0. The van der Waals surface area contributed by atoms with E-state index < -0.39 is 5.97 Å². The number of carbonyl (C=O) groups is 1. The highest BCUT2D eigenvalue weighted by Gasteiger charge is 2.09. The van der Waals surface area contributed by atoms with Gasteiger partial charge in [0.05, 0.1) is 10.6 Å². The average Bonchev–Trinajstić information content (AvgIpc) is 2.22. The van der Waals surface area contributed by atoms with E-state index in [1.807, 2.05) is 6.92 Å². The molecule has 15 heavy (non-hydrogen) atoms. The minimum atomic E-state index is -0.473. The number of rotatable bonds is 3. The van der Waals surface area contributed by atoms with Crippen LogP contribution >= 0.6 is 23.2 Å². The van der Waals surface area contributed by atoms with Crippen molar-refractivity contribution in [2.75, 3.05) is 6.61 Å². The van der Waals surface area contributed by atoms with Gasteiger partial charge in [0.15, 0.2) is 0 Å². The average molecular weight is 246 g/mol. The van der Waals surface area contributed by atoms with Crippen LogP contribution in [-0.4, -0.2) is 17.6 Å². The van der Waals surface area contributed by atoms with Crippen LogP contribution in [0.4, 0.5) is 0 Å². The number of halogens is 2. The number of esters is 1. The van der Waals surface area contributed by atoms with Crippen molar-refractivity contribution >= 4 is 29.2 Å². The van der Waals surface area contributed by atoms with Crippen molar-refractivity contribution in [3.8, 4) is 0 Å². The van der Waals surface area contributed by atoms with Crippen molar-refractivity contribution in [1.29, 1.82) is 0 Å². The summed E-state index contributed by atoms with van der Waals surface area (Å²) >= 11 is 11.3. The topological polar surface area (TPSA) is 39.2 Å². The molecule has 0 aliphatic heterocycles. The van der Waals surface area contributed by atoms with Crippen LogP contribution in [0, 0.1) is 0 Å². The molecule has 1 aromatic heterocycles. The molecule has 0 bridgehead atoms. The lowest BCUT2D eigenvalue weighted by atomic mass is 10.3. The Hall–Kier alpha value is -1.06. The lowest BCUT2D eigenvalue weighted by molar-refractivity contribution is 0.0549. The maximum absolute atomic E-state index is 11.4. The molecule has 0 unspecified atom stereocenters. The predicted molar refractivity (Wildman–Crippen MR) is 59.4 cm³/mol. The number of ether oxygens (including phenoxy) is 1. The summed E-state index contributed by atoms with van der Waals surface area (Å²) in [7, 11) is 0. The zero-order valence-corrected chi connectivity index (χ0v) is 9.55. The molecule has 5 heteroatoms. The molecule has 0 saturated carbocycles. The molecule has 0 amide bonds. The van der Waals surface area contributed by atoms with E-state index in [4.69, 9.17) is 27.9 Å². The van der Waals surface area contributed by atoms with Gasteiger partial charge in [-0.2, -0.15) is 0 Å². The van der Waals surface area contributed by atoms with Gasteiger partial charge < -0.3 is 4.74 Å². The van der Waals surface area contributed by atoms with E-state index >= 15 is 0 Å². The third-order valence-electron chi connectivity index (χ3n) is 1.58. The van der Waals surface area contributed by atoms with Crippen LogP contribution in [0.2, 0.25) is 10.2 Å². The Labute approximate surface area is 97.7 Å². The first-order chi connectivity index (χ1) is 7.15. The molecule has 0 aliphatic rings. The third-order valence-corrected chi connectivity index (χ3v) is 2.26. The van der Waals surface area contributed by atoms with E-state index in [-0.39, 0.29) is 22.3 Å². The molecule has 80 valence electrons. The van der Waals surface area contributed by atoms with Crippen molar-refractivity contribution in [2.24, 2.45) is 0 Å². The standard InChI is InChI=1S/C10H9Cl2NO2/c1-2-3-4-15-10(14)7-5-8(11)9(12)13-6-7/h2-3,5-6H,4H2,1H3/b3-2+. The first-order valence-electron chi connectivity index (χ1n) is 4.24. The van der Waals surface area contributed by atoms with E-state index in [0.29, 0.717) is 0 Å². The predicted octanol–water partition coefficient (Wildman–Crippen LogP) is 3.12. The lowest BCUT2D eigenvalue weighted by Crippen LogP contribution is -2.05. The molecular weight excluding hydrogens is 237 g/mol. The number of allylic oxidation sites excluding steroid dienone is 1. The van der Waals surface area contributed by atoms with Gasteiger partial charge in [0.1, 0.15) is 11.8 Å². The fraction of sp³-hybridized carbons (Fsp3) is 0.200. The Morgan fingerprint density at radius 2 is 2.33 bits per heavy atom. The molecule has 0 saturated heterocycles. The lowest BCUT2D eigenvalue weighted by Gasteiger charge is -2.02. The van der Waals surface area contributed by atoms with E-state index in [9.17, 15) is 4.79 Å². The summed E-state index contributed by atoms with van der Waals surface area (Å²) in [6.07, 6.45) is 4.84. The maximum Gasteiger partial charge on any atom is 0.340 e. The number of carbonyl (C=O) groups excluding carboxylic acids is 1. The van der Waals surface area contributed by atoms with Crippen LogP contribution in [0.15, 0.2) is 24.4 Å². The Kier molecular flexibility index (Phi) is 4.59. The van der Waals surface area contributed by atoms with Gasteiger partial charge >= 0.3 is 5.97 Å². The van der Waals surface area contributed by atoms with Gasteiger partial charge in [0.25, 0.3) is 0 Å². The first kappa shape index (κ1) is 12.0. The molecule has 0 aromatic carbocycles. The molecule has 0 fully saturated rings. The second-order valence-corrected chi connectivity index (χ2v) is 3.43. The van der Waals surface area contributed by atoms with Gasteiger partial charge in [0.2, 0.25) is 0 Å². The number of nitrogens with zero attached hydrogens (tertiary/aromatic N) is 1. The third kappa shape index (κ3) is 3.53. The zero-order chi connectivity index (χ0) is 11.3. The molecule has 1 heterocycles. The van der Waals surface area contributed by atoms with Gasteiger partial charge in [-0.1, -0.05) is 35.4 Å². The first-order valence-corrected chi connectivity index (χ1v) is 5.00. The molecular formula is C10H9Cl2NO2. The SMILES string of the molecule is C/C=C/COC(=O)c1cnc(Cl)c(Cl)c1. The summed E-state index contributed by atoms with van der Waals surface area (Å²) in [5, 5.41) is 0.402. The fourth-order valence-electron chi connectivity index (χ4n) is 0.836. The highest BCUT2D eigenvalue weighted by atomic mass is 35.5. The molecule has 0 N–H and O–H groups in total. The van der Waals surface area contributed by atoms with Crippen LogP contribution in [-0.2, 0) is 4.74 Å². The highest BCUT2D eigenvalue weighted by Crippen LogP contribution is 2.19.